The number of aromatic nitrogens is 3. The topological polar surface area (TPSA) is 36.9 Å². The summed E-state index contributed by atoms with van der Waals surface area (Å²) in [6, 6.07) is 0.573. The van der Waals surface area contributed by atoms with Gasteiger partial charge in [0.25, 0.3) is 0 Å². The van der Waals surface area contributed by atoms with E-state index in [4.69, 9.17) is 12.2 Å². The molecule has 0 unspecified atom stereocenters. The van der Waals surface area contributed by atoms with Crippen LogP contribution in [0.5, 0.6) is 0 Å². The SMILES string of the molecule is CN(CC(C)(C)C)c1n[nH]c(=S)n1C1CC1. The van der Waals surface area contributed by atoms with Gasteiger partial charge in [-0.3, -0.25) is 4.57 Å². The number of hydrogen-bond acceptors (Lipinski definition) is 3. The number of aromatic amines is 1. The quantitative estimate of drug-likeness (QED) is 0.825. The molecule has 1 aliphatic carbocycles. The molecule has 2 rings (SSSR count). The van der Waals surface area contributed by atoms with Crippen molar-refractivity contribution < 1.29 is 0 Å². The average molecular weight is 240 g/mol. The predicted octanol–water partition coefficient (Wildman–Crippen LogP) is 2.76. The zero-order valence-corrected chi connectivity index (χ0v) is 11.3. The van der Waals surface area contributed by atoms with E-state index in [1.54, 1.807) is 0 Å². The van der Waals surface area contributed by atoms with Crippen molar-refractivity contribution in [2.24, 2.45) is 5.41 Å². The maximum Gasteiger partial charge on any atom is 0.225 e. The lowest BCUT2D eigenvalue weighted by Gasteiger charge is -2.27. The molecule has 0 bridgehead atoms. The number of hydrogen-bond donors (Lipinski definition) is 1. The van der Waals surface area contributed by atoms with E-state index in [1.807, 2.05) is 0 Å². The zero-order valence-electron chi connectivity index (χ0n) is 10.4. The molecule has 5 heteroatoms. The van der Waals surface area contributed by atoms with Crippen LogP contribution in [0.3, 0.4) is 0 Å². The van der Waals surface area contributed by atoms with Gasteiger partial charge in [-0.15, -0.1) is 5.10 Å². The second-order valence-electron chi connectivity index (χ2n) is 5.85. The van der Waals surface area contributed by atoms with Gasteiger partial charge in [0.15, 0.2) is 4.77 Å². The third-order valence-electron chi connectivity index (χ3n) is 2.65. The lowest BCUT2D eigenvalue weighted by atomic mass is 9.96. The third kappa shape index (κ3) is 2.45. The summed E-state index contributed by atoms with van der Waals surface area (Å²) in [7, 11) is 2.08. The van der Waals surface area contributed by atoms with Crippen LogP contribution in [0.4, 0.5) is 5.95 Å². The van der Waals surface area contributed by atoms with Crippen LogP contribution in [0.1, 0.15) is 39.7 Å². The Kier molecular flexibility index (Phi) is 2.82. The zero-order chi connectivity index (χ0) is 11.9. The van der Waals surface area contributed by atoms with Gasteiger partial charge >= 0.3 is 0 Å². The maximum atomic E-state index is 5.27. The molecule has 0 saturated heterocycles. The highest BCUT2D eigenvalue weighted by molar-refractivity contribution is 7.71. The van der Waals surface area contributed by atoms with Crippen molar-refractivity contribution in [2.45, 2.75) is 39.7 Å². The molecule has 1 aliphatic rings. The molecule has 1 N–H and O–H groups in total. The molecule has 4 nitrogen and oxygen atoms in total. The summed E-state index contributed by atoms with van der Waals surface area (Å²) in [5.41, 5.74) is 0.261. The van der Waals surface area contributed by atoms with Crippen molar-refractivity contribution in [3.8, 4) is 0 Å². The van der Waals surface area contributed by atoms with Crippen molar-refractivity contribution in [2.75, 3.05) is 18.5 Å². The summed E-state index contributed by atoms with van der Waals surface area (Å²) < 4.78 is 2.90. The molecule has 0 atom stereocenters. The lowest BCUT2D eigenvalue weighted by Crippen LogP contribution is -2.31. The van der Waals surface area contributed by atoms with Crippen molar-refractivity contribution in [1.29, 1.82) is 0 Å². The first-order valence-electron chi connectivity index (χ1n) is 5.76. The Bertz CT molecular complexity index is 422. The van der Waals surface area contributed by atoms with Crippen LogP contribution in [-0.4, -0.2) is 28.4 Å². The van der Waals surface area contributed by atoms with E-state index in [2.05, 4.69) is 47.5 Å². The van der Waals surface area contributed by atoms with Gasteiger partial charge in [0, 0.05) is 19.6 Å². The first-order valence-corrected chi connectivity index (χ1v) is 6.17. The molecular weight excluding hydrogens is 220 g/mol. The molecule has 0 spiro atoms. The van der Waals surface area contributed by atoms with Gasteiger partial charge in [-0.2, -0.15) is 0 Å². The normalized spacial score (nSPS) is 16.5. The molecule has 0 aromatic carbocycles. The molecule has 1 saturated carbocycles. The Morgan fingerprint density at radius 3 is 2.62 bits per heavy atom. The van der Waals surface area contributed by atoms with E-state index in [9.17, 15) is 0 Å². The molecular formula is C11H20N4S. The minimum absolute atomic E-state index is 0.261. The lowest BCUT2D eigenvalue weighted by molar-refractivity contribution is 0.414. The highest BCUT2D eigenvalue weighted by atomic mass is 32.1. The van der Waals surface area contributed by atoms with Gasteiger partial charge in [-0.1, -0.05) is 20.8 Å². The summed E-state index contributed by atoms with van der Waals surface area (Å²) in [6.45, 7) is 7.66. The second kappa shape index (κ2) is 3.87. The van der Waals surface area contributed by atoms with Crippen LogP contribution in [0.25, 0.3) is 0 Å². The highest BCUT2D eigenvalue weighted by Gasteiger charge is 2.29. The Morgan fingerprint density at radius 2 is 2.12 bits per heavy atom. The molecule has 1 fully saturated rings. The third-order valence-corrected chi connectivity index (χ3v) is 2.94. The van der Waals surface area contributed by atoms with Gasteiger partial charge in [0.05, 0.1) is 0 Å². The van der Waals surface area contributed by atoms with Crippen LogP contribution in [0, 0.1) is 10.2 Å². The number of H-pyrrole nitrogens is 1. The van der Waals surface area contributed by atoms with Gasteiger partial charge in [0.2, 0.25) is 5.95 Å². The van der Waals surface area contributed by atoms with Gasteiger partial charge < -0.3 is 4.90 Å². The maximum absolute atomic E-state index is 5.27. The first-order chi connectivity index (χ1) is 7.38. The number of rotatable bonds is 3. The van der Waals surface area contributed by atoms with Crippen molar-refractivity contribution in [3.05, 3.63) is 4.77 Å². The van der Waals surface area contributed by atoms with Gasteiger partial charge in [0.1, 0.15) is 0 Å². The average Bonchev–Trinajstić information content (AvgIpc) is 2.87. The smallest absolute Gasteiger partial charge is 0.225 e. The number of anilines is 1. The van der Waals surface area contributed by atoms with Crippen molar-refractivity contribution in [3.63, 3.8) is 0 Å². The van der Waals surface area contributed by atoms with Crippen molar-refractivity contribution >= 4 is 18.2 Å². The largest absolute Gasteiger partial charge is 0.343 e. The van der Waals surface area contributed by atoms with Gasteiger partial charge in [-0.25, -0.2) is 5.10 Å². The Hall–Kier alpha value is -0.840. The minimum atomic E-state index is 0.261. The highest BCUT2D eigenvalue weighted by Crippen LogP contribution is 2.37. The Balaban J connectivity index is 2.23. The van der Waals surface area contributed by atoms with E-state index in [1.165, 1.54) is 12.8 Å². The van der Waals surface area contributed by atoms with Gasteiger partial charge in [-0.05, 0) is 30.5 Å². The summed E-state index contributed by atoms with van der Waals surface area (Å²) in [5.74, 6) is 0.974. The minimum Gasteiger partial charge on any atom is -0.343 e. The fourth-order valence-electron chi connectivity index (χ4n) is 2.01. The molecule has 0 aliphatic heterocycles. The van der Waals surface area contributed by atoms with E-state index in [0.29, 0.717) is 6.04 Å². The van der Waals surface area contributed by atoms with Crippen molar-refractivity contribution in [1.82, 2.24) is 14.8 Å². The summed E-state index contributed by atoms with van der Waals surface area (Å²) >= 11 is 5.27. The van der Waals surface area contributed by atoms with Crippen LogP contribution >= 0.6 is 12.2 Å². The summed E-state index contributed by atoms with van der Waals surface area (Å²) in [6.07, 6.45) is 2.45. The summed E-state index contributed by atoms with van der Waals surface area (Å²) in [4.78, 5) is 2.19. The van der Waals surface area contributed by atoms with Crippen LogP contribution in [0.15, 0.2) is 0 Å². The molecule has 90 valence electrons. The Morgan fingerprint density at radius 1 is 1.50 bits per heavy atom. The molecule has 0 amide bonds. The molecule has 1 aromatic rings. The summed E-state index contributed by atoms with van der Waals surface area (Å²) in [5, 5.41) is 7.23. The molecule has 1 aromatic heterocycles. The van der Waals surface area contributed by atoms with E-state index < -0.39 is 0 Å². The molecule has 16 heavy (non-hydrogen) atoms. The van der Waals surface area contributed by atoms with E-state index in [0.717, 1.165) is 17.3 Å². The first kappa shape index (κ1) is 11.6. The van der Waals surface area contributed by atoms with E-state index in [-0.39, 0.29) is 5.41 Å². The molecule has 1 heterocycles. The van der Waals surface area contributed by atoms with Crippen LogP contribution in [0.2, 0.25) is 0 Å². The van der Waals surface area contributed by atoms with Crippen LogP contribution < -0.4 is 4.90 Å². The Labute approximate surface area is 102 Å². The fraction of sp³-hybridized carbons (Fsp3) is 0.818. The monoisotopic (exact) mass is 240 g/mol. The number of nitrogens with zero attached hydrogens (tertiary/aromatic N) is 3. The second-order valence-corrected chi connectivity index (χ2v) is 6.23. The molecule has 0 radical (unpaired) electrons. The predicted molar refractivity (Wildman–Crippen MR) is 68.4 cm³/mol. The fourth-order valence-corrected chi connectivity index (χ4v) is 2.29. The standard InChI is InChI=1S/C11H20N4S/c1-11(2,3)7-14(4)9-12-13-10(16)15(9)8-5-6-8/h8H,5-7H2,1-4H3,(H,13,16). The van der Waals surface area contributed by atoms with Crippen LogP contribution in [-0.2, 0) is 0 Å². The number of nitrogens with one attached hydrogen (secondary N) is 1. The van der Waals surface area contributed by atoms with E-state index >= 15 is 0 Å².